The molecule has 0 fully saturated rings. The van der Waals surface area contributed by atoms with Gasteiger partial charge in [-0.2, -0.15) is 13.2 Å². The quantitative estimate of drug-likeness (QED) is 0.776. The highest BCUT2D eigenvalue weighted by Crippen LogP contribution is 2.32. The minimum absolute atomic E-state index is 0.0811. The van der Waals surface area contributed by atoms with Crippen molar-refractivity contribution in [1.82, 2.24) is 4.90 Å². The first-order valence-corrected chi connectivity index (χ1v) is 7.92. The van der Waals surface area contributed by atoms with Gasteiger partial charge in [-0.3, -0.25) is 4.79 Å². The second-order valence-electron chi connectivity index (χ2n) is 5.66. The fourth-order valence-electron chi connectivity index (χ4n) is 2.46. The molecule has 0 heterocycles. The average molecular weight is 351 g/mol. The summed E-state index contributed by atoms with van der Waals surface area (Å²) in [6.07, 6.45) is -4.31. The number of benzene rings is 2. The van der Waals surface area contributed by atoms with E-state index in [1.165, 1.54) is 30.1 Å². The van der Waals surface area contributed by atoms with Crippen molar-refractivity contribution in [2.75, 3.05) is 13.7 Å². The van der Waals surface area contributed by atoms with Gasteiger partial charge in [-0.15, -0.1) is 0 Å². The third-order valence-electron chi connectivity index (χ3n) is 3.75. The van der Waals surface area contributed by atoms with E-state index in [4.69, 9.17) is 4.74 Å². The smallest absolute Gasteiger partial charge is 0.416 e. The zero-order valence-electron chi connectivity index (χ0n) is 14.1. The van der Waals surface area contributed by atoms with Crippen molar-refractivity contribution in [3.8, 4) is 5.75 Å². The van der Waals surface area contributed by atoms with E-state index in [9.17, 15) is 18.0 Å². The average Bonchev–Trinajstić information content (AvgIpc) is 2.56. The SMILES string of the molecule is CCOc1ccc(CC(=O)N(C)Cc2ccccc2C(F)(F)F)cc1. The highest BCUT2D eigenvalue weighted by atomic mass is 19.4. The van der Waals surface area contributed by atoms with Gasteiger partial charge in [0.25, 0.3) is 0 Å². The molecule has 0 aliphatic heterocycles. The molecule has 2 rings (SSSR count). The Kier molecular flexibility index (Phi) is 6.07. The van der Waals surface area contributed by atoms with Crippen LogP contribution in [0, 0.1) is 0 Å². The largest absolute Gasteiger partial charge is 0.494 e. The Morgan fingerprint density at radius 2 is 1.72 bits per heavy atom. The van der Waals surface area contributed by atoms with Gasteiger partial charge in [0.2, 0.25) is 5.91 Å². The lowest BCUT2D eigenvalue weighted by atomic mass is 10.1. The Morgan fingerprint density at radius 1 is 1.08 bits per heavy atom. The first-order valence-electron chi connectivity index (χ1n) is 7.92. The number of hydrogen-bond acceptors (Lipinski definition) is 2. The number of rotatable bonds is 6. The van der Waals surface area contributed by atoms with E-state index in [0.717, 1.165) is 11.6 Å². The maximum Gasteiger partial charge on any atom is 0.416 e. The molecule has 3 nitrogen and oxygen atoms in total. The Labute approximate surface area is 145 Å². The molecule has 0 aliphatic rings. The van der Waals surface area contributed by atoms with Crippen LogP contribution in [0.3, 0.4) is 0 Å². The molecule has 0 saturated heterocycles. The summed E-state index contributed by atoms with van der Waals surface area (Å²) < 4.78 is 44.4. The van der Waals surface area contributed by atoms with Crippen LogP contribution in [0.5, 0.6) is 5.75 Å². The van der Waals surface area contributed by atoms with Crippen LogP contribution in [0.2, 0.25) is 0 Å². The molecule has 134 valence electrons. The molecule has 0 saturated carbocycles. The van der Waals surface area contributed by atoms with Gasteiger partial charge >= 0.3 is 6.18 Å². The van der Waals surface area contributed by atoms with Crippen molar-refractivity contribution in [3.63, 3.8) is 0 Å². The fourth-order valence-corrected chi connectivity index (χ4v) is 2.46. The molecule has 0 aromatic heterocycles. The predicted octanol–water partition coefficient (Wildman–Crippen LogP) is 4.31. The minimum Gasteiger partial charge on any atom is -0.494 e. The highest BCUT2D eigenvalue weighted by molar-refractivity contribution is 5.78. The Morgan fingerprint density at radius 3 is 2.32 bits per heavy atom. The molecule has 0 N–H and O–H groups in total. The predicted molar refractivity (Wildman–Crippen MR) is 89.2 cm³/mol. The monoisotopic (exact) mass is 351 g/mol. The summed E-state index contributed by atoms with van der Waals surface area (Å²) in [5, 5.41) is 0. The van der Waals surface area contributed by atoms with Gasteiger partial charge in [0.1, 0.15) is 5.75 Å². The summed E-state index contributed by atoms with van der Waals surface area (Å²) >= 11 is 0. The van der Waals surface area contributed by atoms with Gasteiger partial charge in [0.05, 0.1) is 18.6 Å². The molecule has 0 radical (unpaired) electrons. The number of carbonyl (C=O) groups excluding carboxylic acids is 1. The zero-order valence-corrected chi connectivity index (χ0v) is 14.1. The van der Waals surface area contributed by atoms with Crippen molar-refractivity contribution in [1.29, 1.82) is 0 Å². The maximum absolute atomic E-state index is 13.0. The number of halogens is 3. The second-order valence-corrected chi connectivity index (χ2v) is 5.66. The van der Waals surface area contributed by atoms with Crippen LogP contribution >= 0.6 is 0 Å². The van der Waals surface area contributed by atoms with Crippen molar-refractivity contribution in [2.45, 2.75) is 26.1 Å². The number of likely N-dealkylation sites (N-methyl/N-ethyl adjacent to an activating group) is 1. The molecule has 25 heavy (non-hydrogen) atoms. The topological polar surface area (TPSA) is 29.5 Å². The molecule has 0 aliphatic carbocycles. The van der Waals surface area contributed by atoms with Gasteiger partial charge in [0, 0.05) is 13.6 Å². The van der Waals surface area contributed by atoms with Crippen molar-refractivity contribution >= 4 is 5.91 Å². The Balaban J connectivity index is 2.03. The van der Waals surface area contributed by atoms with E-state index < -0.39 is 11.7 Å². The lowest BCUT2D eigenvalue weighted by Crippen LogP contribution is -2.28. The molecule has 0 spiro atoms. The van der Waals surface area contributed by atoms with Crippen LogP contribution in [0.4, 0.5) is 13.2 Å². The number of alkyl halides is 3. The lowest BCUT2D eigenvalue weighted by Gasteiger charge is -2.20. The molecule has 2 aromatic rings. The second kappa shape index (κ2) is 8.05. The van der Waals surface area contributed by atoms with E-state index in [-0.39, 0.29) is 24.4 Å². The van der Waals surface area contributed by atoms with Gasteiger partial charge in [-0.1, -0.05) is 30.3 Å². The molecule has 0 atom stereocenters. The first kappa shape index (κ1) is 18.8. The number of nitrogens with zero attached hydrogens (tertiary/aromatic N) is 1. The van der Waals surface area contributed by atoms with Crippen LogP contribution in [0.1, 0.15) is 23.6 Å². The van der Waals surface area contributed by atoms with Gasteiger partial charge in [-0.25, -0.2) is 0 Å². The third kappa shape index (κ3) is 5.24. The Hall–Kier alpha value is -2.50. The normalized spacial score (nSPS) is 11.2. The van der Waals surface area contributed by atoms with Crippen LogP contribution < -0.4 is 4.74 Å². The number of hydrogen-bond donors (Lipinski definition) is 0. The lowest BCUT2D eigenvalue weighted by molar-refractivity contribution is -0.139. The number of amides is 1. The summed E-state index contributed by atoms with van der Waals surface area (Å²) in [4.78, 5) is 13.6. The van der Waals surface area contributed by atoms with Crippen LogP contribution in [0.15, 0.2) is 48.5 Å². The zero-order chi connectivity index (χ0) is 18.4. The van der Waals surface area contributed by atoms with E-state index in [1.54, 1.807) is 24.3 Å². The summed E-state index contributed by atoms with van der Waals surface area (Å²) in [5.41, 5.74) is 0.151. The summed E-state index contributed by atoms with van der Waals surface area (Å²) in [7, 11) is 1.50. The standard InChI is InChI=1S/C19H20F3NO2/c1-3-25-16-10-8-14(9-11-16)12-18(24)23(2)13-15-6-4-5-7-17(15)19(20,21)22/h4-11H,3,12-13H2,1-2H3. The summed E-state index contributed by atoms with van der Waals surface area (Å²) in [5.74, 6) is 0.465. The number of carbonyl (C=O) groups is 1. The molecule has 0 unspecified atom stereocenters. The van der Waals surface area contributed by atoms with Gasteiger partial charge < -0.3 is 9.64 Å². The summed E-state index contributed by atoms with van der Waals surface area (Å²) in [6, 6.07) is 12.4. The van der Waals surface area contributed by atoms with Crippen molar-refractivity contribution in [3.05, 3.63) is 65.2 Å². The summed E-state index contributed by atoms with van der Waals surface area (Å²) in [6.45, 7) is 2.34. The molecule has 2 aromatic carbocycles. The van der Waals surface area contributed by atoms with Gasteiger partial charge in [0.15, 0.2) is 0 Å². The van der Waals surface area contributed by atoms with E-state index >= 15 is 0 Å². The third-order valence-corrected chi connectivity index (χ3v) is 3.75. The van der Waals surface area contributed by atoms with E-state index in [2.05, 4.69) is 0 Å². The first-order chi connectivity index (χ1) is 11.8. The molecule has 0 bridgehead atoms. The molecular formula is C19H20F3NO2. The maximum atomic E-state index is 13.0. The van der Waals surface area contributed by atoms with E-state index in [1.807, 2.05) is 6.92 Å². The van der Waals surface area contributed by atoms with Gasteiger partial charge in [-0.05, 0) is 36.2 Å². The Bertz CT molecular complexity index is 711. The van der Waals surface area contributed by atoms with E-state index in [0.29, 0.717) is 12.4 Å². The van der Waals surface area contributed by atoms with Crippen molar-refractivity contribution in [2.24, 2.45) is 0 Å². The van der Waals surface area contributed by atoms with Crippen LogP contribution in [-0.2, 0) is 23.9 Å². The minimum atomic E-state index is -4.43. The molecular weight excluding hydrogens is 331 g/mol. The molecule has 6 heteroatoms. The number of ether oxygens (including phenoxy) is 1. The van der Waals surface area contributed by atoms with Crippen molar-refractivity contribution < 1.29 is 22.7 Å². The van der Waals surface area contributed by atoms with Crippen LogP contribution in [0.25, 0.3) is 0 Å². The highest BCUT2D eigenvalue weighted by Gasteiger charge is 2.33. The van der Waals surface area contributed by atoms with Crippen LogP contribution in [-0.4, -0.2) is 24.5 Å². The molecule has 1 amide bonds. The fraction of sp³-hybridized carbons (Fsp3) is 0.316.